The highest BCUT2D eigenvalue weighted by molar-refractivity contribution is 9.10. The van der Waals surface area contributed by atoms with Gasteiger partial charge in [-0.2, -0.15) is 0 Å². The lowest BCUT2D eigenvalue weighted by molar-refractivity contribution is 0.177. The van der Waals surface area contributed by atoms with Crippen molar-refractivity contribution < 1.29 is 9.15 Å². The smallest absolute Gasteiger partial charge is 0.194 e. The number of ether oxygens (including phenoxy) is 1. The van der Waals surface area contributed by atoms with Crippen LogP contribution in [0, 0.1) is 0 Å². The van der Waals surface area contributed by atoms with E-state index in [1.165, 1.54) is 0 Å². The first-order valence-corrected chi connectivity index (χ1v) is 9.90. The monoisotopic (exact) mass is 435 g/mol. The molecule has 0 bridgehead atoms. The summed E-state index contributed by atoms with van der Waals surface area (Å²) in [5, 5.41) is 3.48. The molecule has 1 unspecified atom stereocenters. The summed E-state index contributed by atoms with van der Waals surface area (Å²) >= 11 is 3.34. The first-order valence-electron chi connectivity index (χ1n) is 9.11. The van der Waals surface area contributed by atoms with Crippen molar-refractivity contribution in [3.8, 4) is 0 Å². The Balaban J connectivity index is 1.65. The summed E-state index contributed by atoms with van der Waals surface area (Å²) in [5.74, 6) is 2.73. The average molecular weight is 436 g/mol. The van der Waals surface area contributed by atoms with Crippen molar-refractivity contribution in [2.24, 2.45) is 4.99 Å². The number of piperazine rings is 1. The Labute approximate surface area is 168 Å². The third-order valence-corrected chi connectivity index (χ3v) is 4.78. The van der Waals surface area contributed by atoms with Crippen molar-refractivity contribution in [1.29, 1.82) is 0 Å². The number of anilines is 1. The lowest BCUT2D eigenvalue weighted by Crippen LogP contribution is -2.54. The number of guanidine groups is 1. The number of hydrogen-bond donors (Lipinski definition) is 1. The van der Waals surface area contributed by atoms with Crippen molar-refractivity contribution >= 4 is 27.7 Å². The van der Waals surface area contributed by atoms with E-state index in [2.05, 4.69) is 49.0 Å². The van der Waals surface area contributed by atoms with Crippen LogP contribution in [0.4, 0.5) is 5.82 Å². The van der Waals surface area contributed by atoms with Crippen molar-refractivity contribution in [3.05, 3.63) is 47.0 Å². The zero-order chi connectivity index (χ0) is 19.1. The summed E-state index contributed by atoms with van der Waals surface area (Å²) in [4.78, 5) is 13.8. The Kier molecular flexibility index (Phi) is 7.11. The molecule has 27 heavy (non-hydrogen) atoms. The maximum atomic E-state index is 5.57. The number of nitrogens with zero attached hydrogens (tertiary/aromatic N) is 4. The van der Waals surface area contributed by atoms with Crippen molar-refractivity contribution in [2.45, 2.75) is 19.5 Å². The van der Waals surface area contributed by atoms with Crippen LogP contribution in [-0.2, 0) is 11.3 Å². The van der Waals surface area contributed by atoms with Crippen LogP contribution in [-0.4, -0.2) is 61.8 Å². The predicted molar refractivity (Wildman–Crippen MR) is 110 cm³/mol. The maximum Gasteiger partial charge on any atom is 0.194 e. The van der Waals surface area contributed by atoms with Crippen LogP contribution in [0.1, 0.15) is 12.7 Å². The van der Waals surface area contributed by atoms with E-state index in [1.807, 2.05) is 30.5 Å². The second kappa shape index (κ2) is 9.75. The fourth-order valence-corrected chi connectivity index (χ4v) is 3.37. The van der Waals surface area contributed by atoms with Gasteiger partial charge in [0, 0.05) is 45.5 Å². The third kappa shape index (κ3) is 5.71. The fraction of sp³-hybridized carbons (Fsp3) is 0.474. The largest absolute Gasteiger partial charge is 0.452 e. The van der Waals surface area contributed by atoms with Crippen LogP contribution in [0.2, 0.25) is 0 Å². The Bertz CT molecular complexity index is 729. The van der Waals surface area contributed by atoms with Crippen LogP contribution in [0.25, 0.3) is 0 Å². The van der Waals surface area contributed by atoms with Gasteiger partial charge in [0.05, 0.1) is 6.61 Å². The molecule has 0 radical (unpaired) electrons. The maximum absolute atomic E-state index is 5.57. The number of rotatable bonds is 6. The molecule has 2 aromatic heterocycles. The molecule has 2 aromatic rings. The van der Waals surface area contributed by atoms with Gasteiger partial charge in [-0.1, -0.05) is 6.07 Å². The normalized spacial score (nSPS) is 16.5. The summed E-state index contributed by atoms with van der Waals surface area (Å²) in [5.41, 5.74) is 0. The standard InChI is InChI=1S/C19H26BrN5O2/c1-15(14-26-2)23-19(22-13-16-6-7-17(20)27-16)25-11-9-24(10-12-25)18-5-3-4-8-21-18/h3-8,15H,9-14H2,1-2H3,(H,22,23). The molecule has 1 atom stereocenters. The minimum absolute atomic E-state index is 0.172. The van der Waals surface area contributed by atoms with Crippen LogP contribution < -0.4 is 10.2 Å². The summed E-state index contributed by atoms with van der Waals surface area (Å²) in [7, 11) is 1.71. The molecule has 1 N–H and O–H groups in total. The van der Waals surface area contributed by atoms with Gasteiger partial charge in [0.2, 0.25) is 0 Å². The van der Waals surface area contributed by atoms with E-state index in [9.17, 15) is 0 Å². The highest BCUT2D eigenvalue weighted by Crippen LogP contribution is 2.16. The first-order chi connectivity index (χ1) is 13.2. The molecule has 146 valence electrons. The molecular weight excluding hydrogens is 410 g/mol. The van der Waals surface area contributed by atoms with Crippen molar-refractivity contribution in [1.82, 2.24) is 15.2 Å². The van der Waals surface area contributed by atoms with Gasteiger partial charge < -0.3 is 24.3 Å². The van der Waals surface area contributed by atoms with Crippen molar-refractivity contribution in [3.63, 3.8) is 0 Å². The molecule has 0 aliphatic carbocycles. The number of nitrogens with one attached hydrogen (secondary N) is 1. The topological polar surface area (TPSA) is 66.1 Å². The van der Waals surface area contributed by atoms with Gasteiger partial charge in [-0.3, -0.25) is 0 Å². The van der Waals surface area contributed by atoms with E-state index < -0.39 is 0 Å². The predicted octanol–water partition coefficient (Wildman–Crippen LogP) is 2.74. The Morgan fingerprint density at radius 3 is 2.74 bits per heavy atom. The molecule has 0 spiro atoms. The van der Waals surface area contributed by atoms with Crippen LogP contribution in [0.5, 0.6) is 0 Å². The molecule has 0 saturated carbocycles. The Morgan fingerprint density at radius 1 is 1.30 bits per heavy atom. The van der Waals surface area contributed by atoms with E-state index in [1.54, 1.807) is 7.11 Å². The first kappa shape index (κ1) is 19.7. The van der Waals surface area contributed by atoms with E-state index in [0.29, 0.717) is 13.2 Å². The van der Waals surface area contributed by atoms with Gasteiger partial charge in [0.15, 0.2) is 10.6 Å². The highest BCUT2D eigenvalue weighted by Gasteiger charge is 2.21. The zero-order valence-corrected chi connectivity index (χ0v) is 17.4. The number of aromatic nitrogens is 1. The number of pyridine rings is 1. The number of furan rings is 1. The fourth-order valence-electron chi connectivity index (χ4n) is 3.03. The lowest BCUT2D eigenvalue weighted by Gasteiger charge is -2.37. The van der Waals surface area contributed by atoms with E-state index >= 15 is 0 Å². The molecule has 1 saturated heterocycles. The molecule has 7 nitrogen and oxygen atoms in total. The molecule has 0 aromatic carbocycles. The summed E-state index contributed by atoms with van der Waals surface area (Å²) in [6.45, 7) is 6.78. The zero-order valence-electron chi connectivity index (χ0n) is 15.8. The molecule has 0 amide bonds. The second-order valence-electron chi connectivity index (χ2n) is 6.51. The number of aliphatic imine (C=N–C) groups is 1. The molecule has 3 heterocycles. The molecule has 1 aliphatic rings. The van der Waals surface area contributed by atoms with E-state index in [4.69, 9.17) is 14.1 Å². The molecule has 1 fully saturated rings. The van der Waals surface area contributed by atoms with Gasteiger partial charge in [-0.15, -0.1) is 0 Å². The van der Waals surface area contributed by atoms with Gasteiger partial charge in [0.25, 0.3) is 0 Å². The quantitative estimate of drug-likeness (QED) is 0.555. The van der Waals surface area contributed by atoms with Crippen LogP contribution in [0.3, 0.4) is 0 Å². The summed E-state index contributed by atoms with van der Waals surface area (Å²) in [6, 6.07) is 10.0. The minimum atomic E-state index is 0.172. The van der Waals surface area contributed by atoms with Gasteiger partial charge >= 0.3 is 0 Å². The third-order valence-electron chi connectivity index (χ3n) is 4.36. The molecule has 3 rings (SSSR count). The number of hydrogen-bond acceptors (Lipinski definition) is 5. The molecule has 8 heteroatoms. The average Bonchev–Trinajstić information content (AvgIpc) is 3.11. The van der Waals surface area contributed by atoms with E-state index in [0.717, 1.165) is 48.4 Å². The Morgan fingerprint density at radius 2 is 2.11 bits per heavy atom. The summed E-state index contributed by atoms with van der Waals surface area (Å²) in [6.07, 6.45) is 1.84. The van der Waals surface area contributed by atoms with Crippen LogP contribution >= 0.6 is 15.9 Å². The minimum Gasteiger partial charge on any atom is -0.452 e. The van der Waals surface area contributed by atoms with E-state index in [-0.39, 0.29) is 6.04 Å². The SMILES string of the molecule is COCC(C)NC(=NCc1ccc(Br)o1)N1CCN(c2ccccn2)CC1. The lowest BCUT2D eigenvalue weighted by atomic mass is 10.3. The van der Waals surface area contributed by atoms with Gasteiger partial charge in [-0.25, -0.2) is 9.98 Å². The molecule has 1 aliphatic heterocycles. The summed E-state index contributed by atoms with van der Waals surface area (Å²) < 4.78 is 11.5. The van der Waals surface area contributed by atoms with Crippen LogP contribution in [0.15, 0.2) is 50.6 Å². The van der Waals surface area contributed by atoms with Gasteiger partial charge in [-0.05, 0) is 47.1 Å². The highest BCUT2D eigenvalue weighted by atomic mass is 79.9. The number of methoxy groups -OCH3 is 1. The number of halogens is 1. The molecular formula is C19H26BrN5O2. The van der Waals surface area contributed by atoms with Crippen molar-refractivity contribution in [2.75, 3.05) is 44.8 Å². The second-order valence-corrected chi connectivity index (χ2v) is 7.29. The Hall–Kier alpha value is -2.06. The van der Waals surface area contributed by atoms with Gasteiger partial charge in [0.1, 0.15) is 18.1 Å².